The van der Waals surface area contributed by atoms with E-state index in [1.165, 1.54) is 0 Å². The van der Waals surface area contributed by atoms with E-state index in [0.717, 1.165) is 22.2 Å². The van der Waals surface area contributed by atoms with Gasteiger partial charge in [0, 0.05) is 33.1 Å². The summed E-state index contributed by atoms with van der Waals surface area (Å²) in [5, 5.41) is 3.95. The van der Waals surface area contributed by atoms with E-state index in [1.54, 1.807) is 16.7 Å². The van der Waals surface area contributed by atoms with E-state index < -0.39 is 6.04 Å². The second-order valence-electron chi connectivity index (χ2n) is 7.54. The van der Waals surface area contributed by atoms with Crippen molar-refractivity contribution >= 4 is 40.2 Å². The third-order valence-corrected chi connectivity index (χ3v) is 6.90. The zero-order chi connectivity index (χ0) is 18.8. The summed E-state index contributed by atoms with van der Waals surface area (Å²) >= 11 is 1.68. The van der Waals surface area contributed by atoms with Crippen molar-refractivity contribution < 1.29 is 9.59 Å². The molecule has 1 aromatic heterocycles. The molecule has 0 radical (unpaired) electrons. The molecule has 5 nitrogen and oxygen atoms in total. The predicted octanol–water partition coefficient (Wildman–Crippen LogP) is 4.16. The number of nitrogens with one attached hydrogen (secondary N) is 2. The van der Waals surface area contributed by atoms with Crippen molar-refractivity contribution in [3.05, 3.63) is 65.9 Å². The molecule has 2 N–H and O–H groups in total. The molecule has 27 heavy (non-hydrogen) atoms. The van der Waals surface area contributed by atoms with Crippen LogP contribution in [0.5, 0.6) is 0 Å². The van der Waals surface area contributed by atoms with Gasteiger partial charge in [-0.2, -0.15) is 0 Å². The molecular formula is C21H19N3O2S. The minimum atomic E-state index is -0.533. The molecule has 1 fully saturated rings. The van der Waals surface area contributed by atoms with Crippen molar-refractivity contribution in [2.45, 2.75) is 30.0 Å². The molecule has 2 aliphatic heterocycles. The maximum atomic E-state index is 13.2. The number of H-pyrrole nitrogens is 1. The molecule has 2 amide bonds. The number of hydrogen-bond acceptors (Lipinski definition) is 3. The van der Waals surface area contributed by atoms with E-state index >= 15 is 0 Å². The van der Waals surface area contributed by atoms with Crippen LogP contribution in [0.15, 0.2) is 54.7 Å². The summed E-state index contributed by atoms with van der Waals surface area (Å²) in [5.74, 6) is -0.207. The van der Waals surface area contributed by atoms with E-state index in [1.807, 2.05) is 68.6 Å². The smallest absolute Gasteiger partial charge is 0.256 e. The Hall–Kier alpha value is -2.73. The van der Waals surface area contributed by atoms with E-state index in [9.17, 15) is 9.59 Å². The zero-order valence-electron chi connectivity index (χ0n) is 15.0. The molecule has 2 aromatic carbocycles. The molecule has 6 heteroatoms. The Kier molecular flexibility index (Phi) is 3.43. The highest BCUT2D eigenvalue weighted by Gasteiger charge is 2.57. The average molecular weight is 377 g/mol. The van der Waals surface area contributed by atoms with Gasteiger partial charge in [0.25, 0.3) is 5.91 Å². The lowest BCUT2D eigenvalue weighted by molar-refractivity contribution is -0.121. The third kappa shape index (κ3) is 2.40. The Morgan fingerprint density at radius 2 is 2.00 bits per heavy atom. The zero-order valence-corrected chi connectivity index (χ0v) is 15.8. The van der Waals surface area contributed by atoms with Crippen LogP contribution in [-0.2, 0) is 4.79 Å². The topological polar surface area (TPSA) is 65.2 Å². The number of benzene rings is 2. The molecule has 3 heterocycles. The van der Waals surface area contributed by atoms with E-state index in [-0.39, 0.29) is 21.9 Å². The van der Waals surface area contributed by atoms with Gasteiger partial charge in [0.05, 0.1) is 0 Å². The highest BCUT2D eigenvalue weighted by molar-refractivity contribution is 8.01. The number of carbonyl (C=O) groups excluding carboxylic acids is 2. The number of nitrogens with zero attached hydrogens (tertiary/aromatic N) is 1. The van der Waals surface area contributed by atoms with Gasteiger partial charge >= 0.3 is 0 Å². The number of carbonyl (C=O) groups is 2. The fourth-order valence-electron chi connectivity index (χ4n) is 4.15. The number of hydrogen-bond donors (Lipinski definition) is 2. The molecule has 2 atom stereocenters. The summed E-state index contributed by atoms with van der Waals surface area (Å²) in [6.07, 6.45) is 1.87. The van der Waals surface area contributed by atoms with Gasteiger partial charge in [0.1, 0.15) is 11.4 Å². The highest BCUT2D eigenvalue weighted by Crippen LogP contribution is 2.56. The predicted molar refractivity (Wildman–Crippen MR) is 108 cm³/mol. The molecule has 3 aromatic rings. The standard InChI is InChI=1S/C21H19N3O2S/c1-21(2)17(18(25)23-13-7-8-16-12(11-13)9-10-22-16)24-19(26)14-5-3-4-6-15(14)20(24)27-21/h3-11,17,20,22H,1-2H3,(H,23,25)/t17-,20-/m1/s1. The maximum Gasteiger partial charge on any atom is 0.256 e. The molecule has 0 aliphatic carbocycles. The van der Waals surface area contributed by atoms with Crippen molar-refractivity contribution in [1.29, 1.82) is 0 Å². The Labute approximate surface area is 161 Å². The Balaban J connectivity index is 1.48. The van der Waals surface area contributed by atoms with Gasteiger partial charge in [-0.3, -0.25) is 9.59 Å². The summed E-state index contributed by atoms with van der Waals surface area (Å²) < 4.78 is -0.379. The normalized spacial score (nSPS) is 22.7. The third-order valence-electron chi connectivity index (χ3n) is 5.37. The van der Waals surface area contributed by atoms with Crippen LogP contribution in [0, 0.1) is 0 Å². The number of thioether (sulfide) groups is 1. The lowest BCUT2D eigenvalue weighted by Crippen LogP contribution is -2.50. The highest BCUT2D eigenvalue weighted by atomic mass is 32.2. The quantitative estimate of drug-likeness (QED) is 0.705. The van der Waals surface area contributed by atoms with Gasteiger partial charge in [-0.25, -0.2) is 0 Å². The first-order valence-corrected chi connectivity index (χ1v) is 9.81. The van der Waals surface area contributed by atoms with E-state index in [4.69, 9.17) is 0 Å². The van der Waals surface area contributed by atoms with Crippen molar-refractivity contribution in [2.24, 2.45) is 0 Å². The molecule has 0 unspecified atom stereocenters. The van der Waals surface area contributed by atoms with Crippen molar-refractivity contribution in [3.8, 4) is 0 Å². The van der Waals surface area contributed by atoms with Crippen molar-refractivity contribution in [3.63, 3.8) is 0 Å². The molecule has 136 valence electrons. The molecular weight excluding hydrogens is 358 g/mol. The van der Waals surface area contributed by atoms with Crippen LogP contribution in [0.25, 0.3) is 10.9 Å². The minimum absolute atomic E-state index is 0.0603. The minimum Gasteiger partial charge on any atom is -0.361 e. The first-order valence-electron chi connectivity index (χ1n) is 8.93. The second kappa shape index (κ2) is 5.63. The Morgan fingerprint density at radius 1 is 1.19 bits per heavy atom. The van der Waals surface area contributed by atoms with Gasteiger partial charge in [-0.15, -0.1) is 11.8 Å². The number of aromatic amines is 1. The lowest BCUT2D eigenvalue weighted by Gasteiger charge is -2.29. The molecule has 1 saturated heterocycles. The molecule has 5 rings (SSSR count). The van der Waals surface area contributed by atoms with Crippen LogP contribution in [0.1, 0.15) is 35.1 Å². The summed E-state index contributed by atoms with van der Waals surface area (Å²) in [6.45, 7) is 4.07. The number of rotatable bonds is 2. The molecule has 0 bridgehead atoms. The van der Waals surface area contributed by atoms with E-state index in [0.29, 0.717) is 5.56 Å². The van der Waals surface area contributed by atoms with Crippen LogP contribution in [-0.4, -0.2) is 32.5 Å². The number of fused-ring (bicyclic) bond motifs is 4. The molecule has 0 saturated carbocycles. The first kappa shape index (κ1) is 16.4. The van der Waals surface area contributed by atoms with Crippen molar-refractivity contribution in [1.82, 2.24) is 9.88 Å². The maximum absolute atomic E-state index is 13.2. The van der Waals surface area contributed by atoms with Gasteiger partial charge in [-0.1, -0.05) is 18.2 Å². The largest absolute Gasteiger partial charge is 0.361 e. The number of amides is 2. The van der Waals surface area contributed by atoms with Crippen molar-refractivity contribution in [2.75, 3.05) is 5.32 Å². The fourth-order valence-corrected chi connectivity index (χ4v) is 5.73. The van der Waals surface area contributed by atoms with Crippen LogP contribution < -0.4 is 5.32 Å². The fraction of sp³-hybridized carbons (Fsp3) is 0.238. The summed E-state index contributed by atoms with van der Waals surface area (Å²) in [6, 6.07) is 14.9. The lowest BCUT2D eigenvalue weighted by atomic mass is 10.0. The van der Waals surface area contributed by atoms with Gasteiger partial charge in [0.2, 0.25) is 5.91 Å². The van der Waals surface area contributed by atoms with Crippen LogP contribution >= 0.6 is 11.8 Å². The van der Waals surface area contributed by atoms with Crippen LogP contribution in [0.2, 0.25) is 0 Å². The Bertz CT molecular complexity index is 1090. The summed E-state index contributed by atoms with van der Waals surface area (Å²) in [4.78, 5) is 31.1. The van der Waals surface area contributed by atoms with Gasteiger partial charge in [0.15, 0.2) is 0 Å². The second-order valence-corrected chi connectivity index (χ2v) is 9.28. The molecule has 2 aliphatic rings. The van der Waals surface area contributed by atoms with Crippen LogP contribution in [0.4, 0.5) is 5.69 Å². The average Bonchev–Trinajstić information content (AvgIpc) is 3.28. The SMILES string of the molecule is CC1(C)S[C@@H]2c3ccccc3C(=O)N2[C@@H]1C(=O)Nc1ccc2[nH]ccc2c1. The number of aromatic nitrogens is 1. The molecule has 0 spiro atoms. The monoisotopic (exact) mass is 377 g/mol. The Morgan fingerprint density at radius 3 is 2.85 bits per heavy atom. The first-order chi connectivity index (χ1) is 13.0. The van der Waals surface area contributed by atoms with Crippen LogP contribution in [0.3, 0.4) is 0 Å². The number of anilines is 1. The van der Waals surface area contributed by atoms with Gasteiger partial charge in [-0.05, 0) is 49.7 Å². The van der Waals surface area contributed by atoms with Gasteiger partial charge < -0.3 is 15.2 Å². The summed E-state index contributed by atoms with van der Waals surface area (Å²) in [7, 11) is 0. The summed E-state index contributed by atoms with van der Waals surface area (Å²) in [5.41, 5.74) is 3.47. The van der Waals surface area contributed by atoms with E-state index in [2.05, 4.69) is 10.3 Å².